The van der Waals surface area contributed by atoms with Crippen LogP contribution in [0.25, 0.3) is 0 Å². The van der Waals surface area contributed by atoms with Gasteiger partial charge in [0.15, 0.2) is 0 Å². The van der Waals surface area contributed by atoms with Crippen molar-refractivity contribution in [1.29, 1.82) is 0 Å². The summed E-state index contributed by atoms with van der Waals surface area (Å²) in [5.41, 5.74) is 2.46. The molecule has 1 unspecified atom stereocenters. The molecule has 2 amide bonds. The summed E-state index contributed by atoms with van der Waals surface area (Å²) in [7, 11) is 0. The van der Waals surface area contributed by atoms with E-state index in [0.29, 0.717) is 30.1 Å². The first-order valence-electron chi connectivity index (χ1n) is 8.98. The van der Waals surface area contributed by atoms with E-state index in [2.05, 4.69) is 20.9 Å². The van der Waals surface area contributed by atoms with E-state index in [4.69, 9.17) is 0 Å². The molecule has 0 saturated carbocycles. The van der Waals surface area contributed by atoms with Crippen LogP contribution in [0.4, 0.5) is 0 Å². The molecule has 26 heavy (non-hydrogen) atoms. The third-order valence-electron chi connectivity index (χ3n) is 4.54. The third kappa shape index (κ3) is 5.13. The first-order valence-corrected chi connectivity index (χ1v) is 8.98. The first kappa shape index (κ1) is 18.1. The molecule has 1 fully saturated rings. The maximum Gasteiger partial charge on any atom is 0.251 e. The van der Waals surface area contributed by atoms with E-state index in [1.54, 1.807) is 24.5 Å². The van der Waals surface area contributed by atoms with Crippen molar-refractivity contribution in [3.05, 3.63) is 65.5 Å². The lowest BCUT2D eigenvalue weighted by atomic mass is 9.98. The Labute approximate surface area is 153 Å². The minimum Gasteiger partial charge on any atom is -0.350 e. The average Bonchev–Trinajstić information content (AvgIpc) is 3.19. The number of rotatable bonds is 7. The molecule has 0 aliphatic carbocycles. The van der Waals surface area contributed by atoms with Gasteiger partial charge >= 0.3 is 0 Å². The van der Waals surface area contributed by atoms with Crippen LogP contribution >= 0.6 is 0 Å². The monoisotopic (exact) mass is 352 g/mol. The number of aromatic nitrogens is 1. The maximum atomic E-state index is 12.2. The Hall–Kier alpha value is -2.73. The van der Waals surface area contributed by atoms with Gasteiger partial charge in [-0.3, -0.25) is 14.6 Å². The lowest BCUT2D eigenvalue weighted by Gasteiger charge is -2.10. The van der Waals surface area contributed by atoms with Crippen LogP contribution in [-0.2, 0) is 6.42 Å². The summed E-state index contributed by atoms with van der Waals surface area (Å²) in [4.78, 5) is 27.9. The Balaban J connectivity index is 1.39. The molecule has 0 spiro atoms. The molecule has 1 aromatic heterocycles. The smallest absolute Gasteiger partial charge is 0.251 e. The Morgan fingerprint density at radius 3 is 2.15 bits per heavy atom. The van der Waals surface area contributed by atoms with Crippen LogP contribution in [0, 0.1) is 5.92 Å². The second kappa shape index (κ2) is 9.10. The Bertz CT molecular complexity index is 725. The van der Waals surface area contributed by atoms with Crippen LogP contribution in [0.1, 0.15) is 32.7 Å². The number of nitrogens with one attached hydrogen (secondary N) is 3. The quantitative estimate of drug-likeness (QED) is 0.658. The summed E-state index contributed by atoms with van der Waals surface area (Å²) in [5, 5.41) is 8.96. The highest BCUT2D eigenvalue weighted by molar-refractivity contribution is 5.95. The fourth-order valence-corrected chi connectivity index (χ4v) is 3.07. The summed E-state index contributed by atoms with van der Waals surface area (Å²) >= 11 is 0. The lowest BCUT2D eigenvalue weighted by Crippen LogP contribution is -2.34. The zero-order valence-electron chi connectivity index (χ0n) is 14.7. The summed E-state index contributed by atoms with van der Waals surface area (Å²) < 4.78 is 0. The van der Waals surface area contributed by atoms with E-state index >= 15 is 0 Å². The zero-order chi connectivity index (χ0) is 18.2. The second-order valence-electron chi connectivity index (χ2n) is 6.51. The lowest BCUT2D eigenvalue weighted by molar-refractivity contribution is 0.0927. The topological polar surface area (TPSA) is 83.1 Å². The van der Waals surface area contributed by atoms with Gasteiger partial charge in [0.25, 0.3) is 11.8 Å². The van der Waals surface area contributed by atoms with E-state index in [0.717, 1.165) is 19.5 Å². The first-order chi connectivity index (χ1) is 12.7. The Morgan fingerprint density at radius 2 is 1.58 bits per heavy atom. The highest BCUT2D eigenvalue weighted by atomic mass is 16.2. The van der Waals surface area contributed by atoms with Crippen LogP contribution in [0.5, 0.6) is 0 Å². The zero-order valence-corrected chi connectivity index (χ0v) is 14.7. The summed E-state index contributed by atoms with van der Waals surface area (Å²) in [6.45, 7) is 2.93. The standard InChI is InChI=1S/C20H24N4O2/c25-19(23-11-12-24-20(26)18-6-9-21-10-7-18)17-3-1-15(2-4-17)13-16-5-8-22-14-16/h1-4,6-7,9-10,16,22H,5,8,11-14H2,(H,23,25)(H,24,26). The normalized spacial score (nSPS) is 16.2. The highest BCUT2D eigenvalue weighted by Gasteiger charge is 2.15. The van der Waals surface area contributed by atoms with Gasteiger partial charge in [-0.05, 0) is 61.7 Å². The van der Waals surface area contributed by atoms with Crippen LogP contribution in [-0.4, -0.2) is 43.0 Å². The van der Waals surface area contributed by atoms with Crippen LogP contribution in [0.2, 0.25) is 0 Å². The van der Waals surface area contributed by atoms with Gasteiger partial charge in [0.2, 0.25) is 0 Å². The van der Waals surface area contributed by atoms with Crippen molar-refractivity contribution in [3.8, 4) is 0 Å². The molecule has 2 aromatic rings. The number of pyridine rings is 1. The molecule has 0 radical (unpaired) electrons. The van der Waals surface area contributed by atoms with Gasteiger partial charge in [0, 0.05) is 36.6 Å². The molecule has 1 aromatic carbocycles. The molecule has 136 valence electrons. The predicted octanol–water partition coefficient (Wildman–Crippen LogP) is 1.39. The molecule has 1 atom stereocenters. The molecular weight excluding hydrogens is 328 g/mol. The molecule has 0 bridgehead atoms. The molecular formula is C20H24N4O2. The summed E-state index contributed by atoms with van der Waals surface area (Å²) in [6, 6.07) is 11.1. The largest absolute Gasteiger partial charge is 0.350 e. The molecule has 3 N–H and O–H groups in total. The van der Waals surface area contributed by atoms with Gasteiger partial charge in [-0.25, -0.2) is 0 Å². The van der Waals surface area contributed by atoms with Crippen LogP contribution < -0.4 is 16.0 Å². The van der Waals surface area contributed by atoms with Crippen LogP contribution in [0.3, 0.4) is 0 Å². The molecule has 1 saturated heterocycles. The number of benzene rings is 1. The van der Waals surface area contributed by atoms with Gasteiger partial charge in [0.1, 0.15) is 0 Å². The average molecular weight is 352 g/mol. The van der Waals surface area contributed by atoms with E-state index < -0.39 is 0 Å². The number of amides is 2. The van der Waals surface area contributed by atoms with Crippen molar-refractivity contribution in [2.24, 2.45) is 5.92 Å². The van der Waals surface area contributed by atoms with Crippen molar-refractivity contribution in [2.45, 2.75) is 12.8 Å². The Kier molecular flexibility index (Phi) is 6.33. The minimum atomic E-state index is -0.174. The summed E-state index contributed by atoms with van der Waals surface area (Å²) in [5.74, 6) is 0.392. The SMILES string of the molecule is O=C(NCCNC(=O)c1ccc(CC2CCNC2)cc1)c1ccncc1. The minimum absolute atomic E-state index is 0.128. The summed E-state index contributed by atoms with van der Waals surface area (Å²) in [6.07, 6.45) is 5.41. The fraction of sp³-hybridized carbons (Fsp3) is 0.350. The van der Waals surface area contributed by atoms with E-state index in [9.17, 15) is 9.59 Å². The number of nitrogens with zero attached hydrogens (tertiary/aromatic N) is 1. The van der Waals surface area contributed by atoms with Gasteiger partial charge in [0.05, 0.1) is 0 Å². The Morgan fingerprint density at radius 1 is 0.962 bits per heavy atom. The molecule has 1 aliphatic heterocycles. The fourth-order valence-electron chi connectivity index (χ4n) is 3.07. The van der Waals surface area contributed by atoms with Gasteiger partial charge in [-0.1, -0.05) is 12.1 Å². The van der Waals surface area contributed by atoms with E-state index in [-0.39, 0.29) is 11.8 Å². The van der Waals surface area contributed by atoms with Gasteiger partial charge < -0.3 is 16.0 Å². The van der Waals surface area contributed by atoms with Crippen LogP contribution in [0.15, 0.2) is 48.8 Å². The van der Waals surface area contributed by atoms with Crippen molar-refractivity contribution in [2.75, 3.05) is 26.2 Å². The van der Waals surface area contributed by atoms with Crippen molar-refractivity contribution < 1.29 is 9.59 Å². The number of carbonyl (C=O) groups excluding carboxylic acids is 2. The number of hydrogen-bond acceptors (Lipinski definition) is 4. The van der Waals surface area contributed by atoms with Crippen molar-refractivity contribution in [3.63, 3.8) is 0 Å². The second-order valence-corrected chi connectivity index (χ2v) is 6.51. The molecule has 3 rings (SSSR count). The molecule has 1 aliphatic rings. The van der Waals surface area contributed by atoms with Gasteiger partial charge in [-0.15, -0.1) is 0 Å². The third-order valence-corrected chi connectivity index (χ3v) is 4.54. The van der Waals surface area contributed by atoms with Crippen molar-refractivity contribution in [1.82, 2.24) is 20.9 Å². The van der Waals surface area contributed by atoms with Gasteiger partial charge in [-0.2, -0.15) is 0 Å². The number of carbonyl (C=O) groups is 2. The maximum absolute atomic E-state index is 12.2. The molecule has 2 heterocycles. The number of hydrogen-bond donors (Lipinski definition) is 3. The molecule has 6 heteroatoms. The predicted molar refractivity (Wildman–Crippen MR) is 100 cm³/mol. The molecule has 6 nitrogen and oxygen atoms in total. The van der Waals surface area contributed by atoms with E-state index in [1.807, 2.05) is 24.3 Å². The van der Waals surface area contributed by atoms with E-state index in [1.165, 1.54) is 12.0 Å². The highest BCUT2D eigenvalue weighted by Crippen LogP contribution is 2.15. The van der Waals surface area contributed by atoms with Crippen molar-refractivity contribution >= 4 is 11.8 Å².